The van der Waals surface area contributed by atoms with Gasteiger partial charge in [-0.1, -0.05) is 0 Å². The molecule has 1 aromatic rings. The number of ether oxygens (including phenoxy) is 1. The third-order valence-electron chi connectivity index (χ3n) is 2.99. The highest BCUT2D eigenvalue weighted by molar-refractivity contribution is 5.21. The zero-order valence-corrected chi connectivity index (χ0v) is 10.0. The lowest BCUT2D eigenvalue weighted by atomic mass is 10.1. The number of rotatable bonds is 1. The zero-order chi connectivity index (χ0) is 12.4. The largest absolute Gasteiger partial charge is 0.369 e. The molecule has 0 radical (unpaired) electrons. The molecule has 1 aliphatic rings. The average Bonchev–Trinajstić information content (AvgIpc) is 2.38. The minimum atomic E-state index is -0.562. The second-order valence-electron chi connectivity index (χ2n) is 4.68. The van der Waals surface area contributed by atoms with E-state index < -0.39 is 11.6 Å². The van der Waals surface area contributed by atoms with Crippen molar-refractivity contribution in [3.05, 3.63) is 35.4 Å². The summed E-state index contributed by atoms with van der Waals surface area (Å²) in [5, 5.41) is 3.29. The second kappa shape index (κ2) is 5.10. The molecule has 1 N–H and O–H groups in total. The summed E-state index contributed by atoms with van der Waals surface area (Å²) in [6.45, 7) is 4.63. The maximum atomic E-state index is 13.1. The SMILES string of the molecule is CC1CC(C)OC(c2cc(F)cc(F)c2)CN1. The van der Waals surface area contributed by atoms with E-state index in [2.05, 4.69) is 12.2 Å². The van der Waals surface area contributed by atoms with Crippen molar-refractivity contribution in [2.45, 2.75) is 38.5 Å². The van der Waals surface area contributed by atoms with Crippen LogP contribution in [0.4, 0.5) is 8.78 Å². The first-order chi connectivity index (χ1) is 8.04. The molecule has 0 bridgehead atoms. The fourth-order valence-corrected chi connectivity index (χ4v) is 2.23. The second-order valence-corrected chi connectivity index (χ2v) is 4.68. The Labute approximate surface area is 100.0 Å². The molecule has 1 fully saturated rings. The Morgan fingerprint density at radius 2 is 1.82 bits per heavy atom. The number of benzene rings is 1. The molecule has 2 nitrogen and oxygen atoms in total. The first-order valence-corrected chi connectivity index (χ1v) is 5.89. The fraction of sp³-hybridized carbons (Fsp3) is 0.538. The maximum absolute atomic E-state index is 13.1. The van der Waals surface area contributed by atoms with Gasteiger partial charge in [-0.25, -0.2) is 8.78 Å². The Morgan fingerprint density at radius 1 is 1.18 bits per heavy atom. The van der Waals surface area contributed by atoms with Crippen molar-refractivity contribution in [2.24, 2.45) is 0 Å². The van der Waals surface area contributed by atoms with E-state index >= 15 is 0 Å². The Bertz CT molecular complexity index is 377. The fourth-order valence-electron chi connectivity index (χ4n) is 2.23. The van der Waals surface area contributed by atoms with Crippen LogP contribution in [0, 0.1) is 11.6 Å². The van der Waals surface area contributed by atoms with Crippen LogP contribution in [0.1, 0.15) is 31.9 Å². The lowest BCUT2D eigenvalue weighted by Crippen LogP contribution is -2.28. The van der Waals surface area contributed by atoms with Crippen LogP contribution in [0.2, 0.25) is 0 Å². The van der Waals surface area contributed by atoms with Crippen molar-refractivity contribution >= 4 is 0 Å². The summed E-state index contributed by atoms with van der Waals surface area (Å²) < 4.78 is 32.1. The van der Waals surface area contributed by atoms with E-state index in [4.69, 9.17) is 4.74 Å². The van der Waals surface area contributed by atoms with Crippen LogP contribution in [0.5, 0.6) is 0 Å². The predicted molar refractivity (Wildman–Crippen MR) is 61.7 cm³/mol. The van der Waals surface area contributed by atoms with Crippen molar-refractivity contribution in [3.8, 4) is 0 Å². The first-order valence-electron chi connectivity index (χ1n) is 5.89. The molecule has 0 spiro atoms. The summed E-state index contributed by atoms with van der Waals surface area (Å²) in [7, 11) is 0. The van der Waals surface area contributed by atoms with Crippen molar-refractivity contribution in [1.29, 1.82) is 0 Å². The van der Waals surface area contributed by atoms with E-state index in [9.17, 15) is 8.78 Å². The highest BCUT2D eigenvalue weighted by atomic mass is 19.1. The molecule has 2 rings (SSSR count). The van der Waals surface area contributed by atoms with E-state index in [1.54, 1.807) is 0 Å². The molecular formula is C13H17F2NO. The molecule has 4 heteroatoms. The van der Waals surface area contributed by atoms with Gasteiger partial charge in [0, 0.05) is 18.7 Å². The van der Waals surface area contributed by atoms with Crippen molar-refractivity contribution in [2.75, 3.05) is 6.54 Å². The van der Waals surface area contributed by atoms with Crippen LogP contribution in [0.3, 0.4) is 0 Å². The molecule has 3 atom stereocenters. The van der Waals surface area contributed by atoms with Gasteiger partial charge in [0.2, 0.25) is 0 Å². The Morgan fingerprint density at radius 3 is 2.47 bits per heavy atom. The third-order valence-corrected chi connectivity index (χ3v) is 2.99. The molecule has 0 aromatic heterocycles. The number of hydrogen-bond donors (Lipinski definition) is 1. The molecule has 1 aliphatic heterocycles. The van der Waals surface area contributed by atoms with Gasteiger partial charge in [-0.05, 0) is 38.0 Å². The molecule has 1 aromatic carbocycles. The molecule has 17 heavy (non-hydrogen) atoms. The van der Waals surface area contributed by atoms with Crippen LogP contribution in [-0.2, 0) is 4.74 Å². The molecule has 0 amide bonds. The van der Waals surface area contributed by atoms with Gasteiger partial charge in [0.05, 0.1) is 12.2 Å². The lowest BCUT2D eigenvalue weighted by Gasteiger charge is -2.19. The van der Waals surface area contributed by atoms with E-state index in [0.717, 1.165) is 12.5 Å². The summed E-state index contributed by atoms with van der Waals surface area (Å²) in [6.07, 6.45) is 0.686. The Kier molecular flexibility index (Phi) is 3.74. The van der Waals surface area contributed by atoms with Crippen molar-refractivity contribution < 1.29 is 13.5 Å². The Balaban J connectivity index is 2.20. The summed E-state index contributed by atoms with van der Waals surface area (Å²) >= 11 is 0. The average molecular weight is 241 g/mol. The van der Waals surface area contributed by atoms with Gasteiger partial charge >= 0.3 is 0 Å². The summed E-state index contributed by atoms with van der Waals surface area (Å²) in [5.74, 6) is -1.12. The van der Waals surface area contributed by atoms with E-state index in [-0.39, 0.29) is 12.2 Å². The first kappa shape index (κ1) is 12.5. The molecule has 94 valence electrons. The van der Waals surface area contributed by atoms with E-state index in [1.807, 2.05) is 6.92 Å². The zero-order valence-electron chi connectivity index (χ0n) is 10.0. The van der Waals surface area contributed by atoms with Gasteiger partial charge in [-0.2, -0.15) is 0 Å². The van der Waals surface area contributed by atoms with Crippen LogP contribution in [-0.4, -0.2) is 18.7 Å². The molecule has 1 saturated heterocycles. The summed E-state index contributed by atoms with van der Waals surface area (Å²) in [4.78, 5) is 0. The van der Waals surface area contributed by atoms with Crippen LogP contribution in [0.15, 0.2) is 18.2 Å². The van der Waals surface area contributed by atoms with Gasteiger partial charge in [0.25, 0.3) is 0 Å². The van der Waals surface area contributed by atoms with Crippen LogP contribution >= 0.6 is 0 Å². The van der Waals surface area contributed by atoms with Crippen LogP contribution in [0.25, 0.3) is 0 Å². The quantitative estimate of drug-likeness (QED) is 0.816. The van der Waals surface area contributed by atoms with Crippen molar-refractivity contribution in [3.63, 3.8) is 0 Å². The molecule has 0 aliphatic carbocycles. The number of nitrogens with one attached hydrogen (secondary N) is 1. The topological polar surface area (TPSA) is 21.3 Å². The highest BCUT2D eigenvalue weighted by Crippen LogP contribution is 2.24. The molecule has 0 saturated carbocycles. The third kappa shape index (κ3) is 3.23. The molecule has 3 unspecified atom stereocenters. The number of hydrogen-bond acceptors (Lipinski definition) is 2. The monoisotopic (exact) mass is 241 g/mol. The molecular weight excluding hydrogens is 224 g/mol. The molecule has 1 heterocycles. The summed E-state index contributed by atoms with van der Waals surface area (Å²) in [6, 6.07) is 3.89. The van der Waals surface area contributed by atoms with Gasteiger partial charge in [-0.15, -0.1) is 0 Å². The van der Waals surface area contributed by atoms with Gasteiger partial charge < -0.3 is 10.1 Å². The lowest BCUT2D eigenvalue weighted by molar-refractivity contribution is 0.00687. The van der Waals surface area contributed by atoms with E-state index in [0.29, 0.717) is 18.2 Å². The van der Waals surface area contributed by atoms with Gasteiger partial charge in [0.1, 0.15) is 11.6 Å². The van der Waals surface area contributed by atoms with Gasteiger partial charge in [-0.3, -0.25) is 0 Å². The summed E-state index contributed by atoms with van der Waals surface area (Å²) in [5.41, 5.74) is 0.552. The predicted octanol–water partition coefficient (Wildman–Crippen LogP) is 2.79. The minimum Gasteiger partial charge on any atom is -0.369 e. The normalized spacial score (nSPS) is 30.0. The highest BCUT2D eigenvalue weighted by Gasteiger charge is 2.22. The van der Waals surface area contributed by atoms with Crippen molar-refractivity contribution in [1.82, 2.24) is 5.32 Å². The number of halogens is 2. The van der Waals surface area contributed by atoms with Crippen LogP contribution < -0.4 is 5.32 Å². The minimum absolute atomic E-state index is 0.0799. The standard InChI is InChI=1S/C13H17F2NO/c1-8-3-9(2)17-13(7-16-8)10-4-11(14)6-12(15)5-10/h4-6,8-9,13,16H,3,7H2,1-2H3. The Hall–Kier alpha value is -1.00. The van der Waals surface area contributed by atoms with Gasteiger partial charge in [0.15, 0.2) is 0 Å². The maximum Gasteiger partial charge on any atom is 0.126 e. The smallest absolute Gasteiger partial charge is 0.126 e. The van der Waals surface area contributed by atoms with E-state index in [1.165, 1.54) is 12.1 Å².